The van der Waals surface area contributed by atoms with Crippen molar-refractivity contribution < 1.29 is 0 Å². The van der Waals surface area contributed by atoms with Gasteiger partial charge < -0.3 is 10.3 Å². The van der Waals surface area contributed by atoms with E-state index in [-0.39, 0.29) is 0 Å². The Labute approximate surface area is 115 Å². The second-order valence-corrected chi connectivity index (χ2v) is 4.83. The molecule has 0 saturated carbocycles. The van der Waals surface area contributed by atoms with E-state index >= 15 is 0 Å². The van der Waals surface area contributed by atoms with Gasteiger partial charge in [-0.1, -0.05) is 44.2 Å². The van der Waals surface area contributed by atoms with Gasteiger partial charge in [0, 0.05) is 24.9 Å². The molecule has 3 nitrogen and oxygen atoms in total. The molecular formula is C16H23N3. The Hall–Kier alpha value is -1.61. The largest absolute Gasteiger partial charge is 0.349 e. The minimum atomic E-state index is 0.420. The van der Waals surface area contributed by atoms with Crippen molar-refractivity contribution in [3.05, 3.63) is 54.1 Å². The van der Waals surface area contributed by atoms with E-state index < -0.39 is 0 Å². The summed E-state index contributed by atoms with van der Waals surface area (Å²) < 4.78 is 0. The third-order valence-corrected chi connectivity index (χ3v) is 3.59. The van der Waals surface area contributed by atoms with E-state index in [0.717, 1.165) is 25.2 Å². The summed E-state index contributed by atoms with van der Waals surface area (Å²) in [6, 6.07) is 11.2. The molecule has 102 valence electrons. The Kier molecular flexibility index (Phi) is 5.16. The van der Waals surface area contributed by atoms with E-state index in [1.165, 1.54) is 5.56 Å². The van der Waals surface area contributed by atoms with E-state index in [9.17, 15) is 0 Å². The maximum atomic E-state index is 4.35. The predicted octanol–water partition coefficient (Wildman–Crippen LogP) is 3.12. The SMILES string of the molecule is CCNC(Cc1ncc[nH]1)C(CC)c1ccccc1. The van der Waals surface area contributed by atoms with Crippen LogP contribution in [0.1, 0.15) is 37.6 Å². The lowest BCUT2D eigenvalue weighted by Gasteiger charge is -2.27. The van der Waals surface area contributed by atoms with Crippen LogP contribution >= 0.6 is 0 Å². The Bertz CT molecular complexity index is 450. The summed E-state index contributed by atoms with van der Waals surface area (Å²) in [7, 11) is 0. The van der Waals surface area contributed by atoms with Crippen molar-refractivity contribution in [1.29, 1.82) is 0 Å². The number of hydrogen-bond acceptors (Lipinski definition) is 2. The number of likely N-dealkylation sites (N-methyl/N-ethyl adjacent to an activating group) is 1. The van der Waals surface area contributed by atoms with E-state index in [0.29, 0.717) is 12.0 Å². The number of benzene rings is 1. The van der Waals surface area contributed by atoms with Crippen LogP contribution in [-0.2, 0) is 6.42 Å². The van der Waals surface area contributed by atoms with Crippen LogP contribution in [0, 0.1) is 0 Å². The van der Waals surface area contributed by atoms with Crippen LogP contribution in [0.4, 0.5) is 0 Å². The molecule has 0 spiro atoms. The molecule has 1 aromatic heterocycles. The first-order valence-electron chi connectivity index (χ1n) is 7.11. The number of aromatic nitrogens is 2. The molecular weight excluding hydrogens is 234 g/mol. The Morgan fingerprint density at radius 1 is 1.21 bits per heavy atom. The van der Waals surface area contributed by atoms with Gasteiger partial charge in [0.1, 0.15) is 5.82 Å². The van der Waals surface area contributed by atoms with E-state index in [1.807, 2.05) is 12.4 Å². The van der Waals surface area contributed by atoms with Crippen LogP contribution in [0.3, 0.4) is 0 Å². The highest BCUT2D eigenvalue weighted by Crippen LogP contribution is 2.25. The predicted molar refractivity (Wildman–Crippen MR) is 79.2 cm³/mol. The molecule has 0 saturated heterocycles. The Morgan fingerprint density at radius 2 is 2.00 bits per heavy atom. The van der Waals surface area contributed by atoms with Crippen LogP contribution in [-0.4, -0.2) is 22.6 Å². The molecule has 2 N–H and O–H groups in total. The van der Waals surface area contributed by atoms with Crippen molar-refractivity contribution in [3.8, 4) is 0 Å². The quantitative estimate of drug-likeness (QED) is 0.800. The van der Waals surface area contributed by atoms with Crippen molar-refractivity contribution in [3.63, 3.8) is 0 Å². The summed E-state index contributed by atoms with van der Waals surface area (Å²) in [5.74, 6) is 1.58. The molecule has 0 bridgehead atoms. The molecule has 2 aromatic rings. The Balaban J connectivity index is 2.16. The molecule has 1 heterocycles. The average Bonchev–Trinajstić information content (AvgIpc) is 2.94. The third kappa shape index (κ3) is 3.67. The first kappa shape index (κ1) is 13.8. The van der Waals surface area contributed by atoms with Gasteiger partial charge >= 0.3 is 0 Å². The van der Waals surface area contributed by atoms with Crippen LogP contribution < -0.4 is 5.32 Å². The lowest BCUT2D eigenvalue weighted by Crippen LogP contribution is -2.37. The highest BCUT2D eigenvalue weighted by atomic mass is 14.9. The fraction of sp³-hybridized carbons (Fsp3) is 0.438. The number of rotatable bonds is 7. The summed E-state index contributed by atoms with van der Waals surface area (Å²) in [4.78, 5) is 7.56. The van der Waals surface area contributed by atoms with Crippen molar-refractivity contribution in [1.82, 2.24) is 15.3 Å². The molecule has 0 amide bonds. The summed E-state index contributed by atoms with van der Waals surface area (Å²) >= 11 is 0. The fourth-order valence-electron chi connectivity index (χ4n) is 2.69. The van der Waals surface area contributed by atoms with Gasteiger partial charge in [0.15, 0.2) is 0 Å². The van der Waals surface area contributed by atoms with E-state index in [4.69, 9.17) is 0 Å². The number of H-pyrrole nitrogens is 1. The summed E-state index contributed by atoms with van der Waals surface area (Å²) in [5, 5.41) is 3.61. The summed E-state index contributed by atoms with van der Waals surface area (Å²) in [6.07, 6.45) is 5.78. The van der Waals surface area contributed by atoms with E-state index in [2.05, 4.69) is 59.5 Å². The maximum Gasteiger partial charge on any atom is 0.107 e. The molecule has 0 fully saturated rings. The maximum absolute atomic E-state index is 4.35. The van der Waals surface area contributed by atoms with Crippen LogP contribution in [0.5, 0.6) is 0 Å². The monoisotopic (exact) mass is 257 g/mol. The highest BCUT2D eigenvalue weighted by Gasteiger charge is 2.21. The van der Waals surface area contributed by atoms with Crippen LogP contribution in [0.15, 0.2) is 42.7 Å². The zero-order valence-electron chi connectivity index (χ0n) is 11.8. The Morgan fingerprint density at radius 3 is 2.58 bits per heavy atom. The lowest BCUT2D eigenvalue weighted by molar-refractivity contribution is 0.422. The van der Waals surface area contributed by atoms with Gasteiger partial charge in [0.25, 0.3) is 0 Å². The third-order valence-electron chi connectivity index (χ3n) is 3.59. The van der Waals surface area contributed by atoms with Gasteiger partial charge in [-0.15, -0.1) is 0 Å². The van der Waals surface area contributed by atoms with Crippen molar-refractivity contribution in [2.75, 3.05) is 6.54 Å². The first-order valence-corrected chi connectivity index (χ1v) is 7.11. The molecule has 2 rings (SSSR count). The molecule has 19 heavy (non-hydrogen) atoms. The molecule has 0 aliphatic carbocycles. The molecule has 2 atom stereocenters. The molecule has 3 heteroatoms. The second kappa shape index (κ2) is 7.10. The number of hydrogen-bond donors (Lipinski definition) is 2. The van der Waals surface area contributed by atoms with Gasteiger partial charge in [-0.05, 0) is 24.4 Å². The lowest BCUT2D eigenvalue weighted by atomic mass is 9.87. The second-order valence-electron chi connectivity index (χ2n) is 4.83. The number of imidazole rings is 1. The van der Waals surface area contributed by atoms with E-state index in [1.54, 1.807) is 0 Å². The minimum absolute atomic E-state index is 0.420. The van der Waals surface area contributed by atoms with Crippen molar-refractivity contribution >= 4 is 0 Å². The standard InChI is InChI=1S/C16H23N3/c1-3-14(13-8-6-5-7-9-13)15(17-4-2)12-16-18-10-11-19-16/h5-11,14-15,17H,3-4,12H2,1-2H3,(H,18,19). The van der Waals surface area contributed by atoms with Crippen molar-refractivity contribution in [2.24, 2.45) is 0 Å². The van der Waals surface area contributed by atoms with Crippen LogP contribution in [0.2, 0.25) is 0 Å². The smallest absolute Gasteiger partial charge is 0.107 e. The molecule has 0 aliphatic heterocycles. The van der Waals surface area contributed by atoms with Crippen molar-refractivity contribution in [2.45, 2.75) is 38.6 Å². The number of nitrogens with zero attached hydrogens (tertiary/aromatic N) is 1. The number of nitrogens with one attached hydrogen (secondary N) is 2. The average molecular weight is 257 g/mol. The molecule has 0 aliphatic rings. The summed E-state index contributed by atoms with van der Waals surface area (Å²) in [5.41, 5.74) is 1.41. The van der Waals surface area contributed by atoms with Crippen LogP contribution in [0.25, 0.3) is 0 Å². The zero-order valence-corrected chi connectivity index (χ0v) is 11.8. The highest BCUT2D eigenvalue weighted by molar-refractivity contribution is 5.21. The normalized spacial score (nSPS) is 14.2. The first-order chi connectivity index (χ1) is 9.35. The fourth-order valence-corrected chi connectivity index (χ4v) is 2.69. The van der Waals surface area contributed by atoms with Gasteiger partial charge in [-0.3, -0.25) is 0 Å². The van der Waals surface area contributed by atoms with Gasteiger partial charge in [0.2, 0.25) is 0 Å². The zero-order chi connectivity index (χ0) is 13.5. The molecule has 0 radical (unpaired) electrons. The van der Waals surface area contributed by atoms with Gasteiger partial charge in [-0.25, -0.2) is 4.98 Å². The van der Waals surface area contributed by atoms with Gasteiger partial charge in [0.05, 0.1) is 0 Å². The topological polar surface area (TPSA) is 40.7 Å². The minimum Gasteiger partial charge on any atom is -0.349 e. The summed E-state index contributed by atoms with van der Waals surface area (Å²) in [6.45, 7) is 5.39. The van der Waals surface area contributed by atoms with Gasteiger partial charge in [-0.2, -0.15) is 0 Å². The number of aromatic amines is 1. The molecule has 2 unspecified atom stereocenters. The molecule has 1 aromatic carbocycles.